The van der Waals surface area contributed by atoms with Gasteiger partial charge in [-0.25, -0.2) is 14.4 Å². The van der Waals surface area contributed by atoms with Crippen LogP contribution in [0.2, 0.25) is 0 Å². The maximum absolute atomic E-state index is 13.6. The Kier molecular flexibility index (Phi) is 2.15. The second-order valence-electron chi connectivity index (χ2n) is 3.06. The molecule has 1 heterocycles. The van der Waals surface area contributed by atoms with Crippen molar-refractivity contribution in [3.05, 3.63) is 30.2 Å². The molecular formula is C10H7BFN3. The first-order chi connectivity index (χ1) is 7.13. The summed E-state index contributed by atoms with van der Waals surface area (Å²) in [5.74, 6) is -0.439. The third kappa shape index (κ3) is 1.46. The third-order valence-corrected chi connectivity index (χ3v) is 2.10. The van der Waals surface area contributed by atoms with Crippen LogP contribution in [-0.2, 0) is 0 Å². The van der Waals surface area contributed by atoms with Gasteiger partial charge in [0.1, 0.15) is 13.7 Å². The molecule has 2 N–H and O–H groups in total. The van der Waals surface area contributed by atoms with E-state index in [0.29, 0.717) is 10.9 Å². The summed E-state index contributed by atoms with van der Waals surface area (Å²) in [6, 6.07) is 1.47. The fraction of sp³-hybridized carbons (Fsp3) is 0. The van der Waals surface area contributed by atoms with Gasteiger partial charge in [0, 0.05) is 17.1 Å². The SMILES string of the molecule is [B]c1cc2cnc(N)nc2c(C=C)c1F. The molecule has 72 valence electrons. The van der Waals surface area contributed by atoms with Gasteiger partial charge in [0.05, 0.1) is 5.52 Å². The summed E-state index contributed by atoms with van der Waals surface area (Å²) in [4.78, 5) is 7.76. The number of hydrogen-bond donors (Lipinski definition) is 1. The molecule has 0 aliphatic heterocycles. The molecule has 0 bridgehead atoms. The Morgan fingerprint density at radius 3 is 2.93 bits per heavy atom. The summed E-state index contributed by atoms with van der Waals surface area (Å²) in [5, 5.41) is 0.637. The quantitative estimate of drug-likeness (QED) is 0.690. The van der Waals surface area contributed by atoms with Crippen molar-refractivity contribution in [3.63, 3.8) is 0 Å². The topological polar surface area (TPSA) is 51.8 Å². The molecule has 0 unspecified atom stereocenters. The zero-order valence-electron chi connectivity index (χ0n) is 7.87. The summed E-state index contributed by atoms with van der Waals surface area (Å²) in [6.07, 6.45) is 2.86. The number of nitrogens with zero attached hydrogens (tertiary/aromatic N) is 2. The molecule has 0 spiro atoms. The molecule has 0 saturated heterocycles. The van der Waals surface area contributed by atoms with Crippen LogP contribution >= 0.6 is 0 Å². The molecule has 1 aromatic heterocycles. The van der Waals surface area contributed by atoms with Crippen molar-refractivity contribution in [1.29, 1.82) is 0 Å². The normalized spacial score (nSPS) is 10.5. The van der Waals surface area contributed by atoms with Gasteiger partial charge >= 0.3 is 0 Å². The largest absolute Gasteiger partial charge is 0.368 e. The molecule has 0 saturated carbocycles. The lowest BCUT2D eigenvalue weighted by Crippen LogP contribution is -2.11. The minimum absolute atomic E-state index is 0.0470. The molecule has 2 rings (SSSR count). The van der Waals surface area contributed by atoms with E-state index in [2.05, 4.69) is 16.5 Å². The first-order valence-corrected chi connectivity index (χ1v) is 4.26. The summed E-state index contributed by atoms with van der Waals surface area (Å²) < 4.78 is 13.6. The van der Waals surface area contributed by atoms with Crippen LogP contribution in [0.4, 0.5) is 10.3 Å². The Morgan fingerprint density at radius 1 is 1.53 bits per heavy atom. The lowest BCUT2D eigenvalue weighted by Gasteiger charge is -2.06. The Labute approximate surface area is 87.2 Å². The van der Waals surface area contributed by atoms with Crippen LogP contribution < -0.4 is 11.2 Å². The molecule has 0 aliphatic carbocycles. The lowest BCUT2D eigenvalue weighted by atomic mass is 9.91. The van der Waals surface area contributed by atoms with Crippen LogP contribution in [0.25, 0.3) is 17.0 Å². The number of aromatic nitrogens is 2. The van der Waals surface area contributed by atoms with Crippen LogP contribution in [-0.4, -0.2) is 17.8 Å². The molecule has 2 aromatic rings. The monoisotopic (exact) mass is 199 g/mol. The number of halogens is 1. The van der Waals surface area contributed by atoms with Crippen LogP contribution in [0, 0.1) is 5.82 Å². The van der Waals surface area contributed by atoms with Crippen molar-refractivity contribution >= 4 is 36.2 Å². The molecule has 0 amide bonds. The zero-order valence-corrected chi connectivity index (χ0v) is 7.87. The van der Waals surface area contributed by atoms with E-state index in [9.17, 15) is 4.39 Å². The Bertz CT molecular complexity index is 554. The molecule has 0 fully saturated rings. The number of hydrogen-bond acceptors (Lipinski definition) is 3. The van der Waals surface area contributed by atoms with E-state index in [1.165, 1.54) is 18.3 Å². The van der Waals surface area contributed by atoms with Crippen molar-refractivity contribution in [3.8, 4) is 0 Å². The zero-order chi connectivity index (χ0) is 11.0. The molecule has 0 aliphatic rings. The van der Waals surface area contributed by atoms with Gasteiger partial charge in [0.25, 0.3) is 0 Å². The first-order valence-electron chi connectivity index (χ1n) is 4.26. The molecule has 1 aromatic carbocycles. The second kappa shape index (κ2) is 3.35. The fourth-order valence-corrected chi connectivity index (χ4v) is 1.40. The highest BCUT2D eigenvalue weighted by Crippen LogP contribution is 2.19. The standard InChI is InChI=1S/C10H7BFN3/c1-2-6-8(12)7(11)3-5-4-14-10(13)15-9(5)6/h2-4H,1H2,(H2,13,14,15). The Morgan fingerprint density at radius 2 is 2.27 bits per heavy atom. The van der Waals surface area contributed by atoms with Crippen LogP contribution in [0.1, 0.15) is 5.56 Å². The highest BCUT2D eigenvalue weighted by Gasteiger charge is 2.09. The molecule has 15 heavy (non-hydrogen) atoms. The van der Waals surface area contributed by atoms with Crippen LogP contribution in [0.15, 0.2) is 18.8 Å². The minimum atomic E-state index is -0.532. The summed E-state index contributed by atoms with van der Waals surface area (Å²) in [5.41, 5.74) is 6.14. The number of fused-ring (bicyclic) bond motifs is 1. The number of rotatable bonds is 1. The summed E-state index contributed by atoms with van der Waals surface area (Å²) in [6.45, 7) is 3.52. The fourth-order valence-electron chi connectivity index (χ4n) is 1.40. The van der Waals surface area contributed by atoms with Gasteiger partial charge in [-0.2, -0.15) is 0 Å². The number of benzene rings is 1. The van der Waals surface area contributed by atoms with Gasteiger partial charge in [0.15, 0.2) is 0 Å². The average Bonchev–Trinajstić information content (AvgIpc) is 2.21. The highest BCUT2D eigenvalue weighted by atomic mass is 19.1. The third-order valence-electron chi connectivity index (χ3n) is 2.10. The first kappa shape index (κ1) is 9.64. The average molecular weight is 199 g/mol. The maximum atomic E-state index is 13.6. The van der Waals surface area contributed by atoms with E-state index in [1.807, 2.05) is 0 Å². The van der Waals surface area contributed by atoms with Gasteiger partial charge in [-0.1, -0.05) is 24.2 Å². The lowest BCUT2D eigenvalue weighted by molar-refractivity contribution is 0.635. The van der Waals surface area contributed by atoms with Crippen molar-refractivity contribution < 1.29 is 4.39 Å². The maximum Gasteiger partial charge on any atom is 0.220 e. The number of nitrogens with two attached hydrogens (primary N) is 1. The van der Waals surface area contributed by atoms with Crippen molar-refractivity contribution in [1.82, 2.24) is 9.97 Å². The van der Waals surface area contributed by atoms with Gasteiger partial charge in [-0.15, -0.1) is 0 Å². The van der Waals surface area contributed by atoms with E-state index in [-0.39, 0.29) is 17.0 Å². The van der Waals surface area contributed by atoms with Crippen LogP contribution in [0.3, 0.4) is 0 Å². The molecule has 5 heteroatoms. The minimum Gasteiger partial charge on any atom is -0.368 e. The smallest absolute Gasteiger partial charge is 0.220 e. The summed E-state index contributed by atoms with van der Waals surface area (Å²) in [7, 11) is 5.49. The van der Waals surface area contributed by atoms with E-state index in [1.54, 1.807) is 0 Å². The van der Waals surface area contributed by atoms with Gasteiger partial charge in [-0.3, -0.25) is 0 Å². The Hall–Kier alpha value is -1.91. The molecular weight excluding hydrogens is 192 g/mol. The molecule has 2 radical (unpaired) electrons. The van der Waals surface area contributed by atoms with Gasteiger partial charge in [-0.05, 0) is 0 Å². The van der Waals surface area contributed by atoms with Crippen molar-refractivity contribution in [2.75, 3.05) is 5.73 Å². The van der Waals surface area contributed by atoms with Gasteiger partial charge in [0.2, 0.25) is 5.95 Å². The van der Waals surface area contributed by atoms with E-state index < -0.39 is 5.82 Å². The Balaban J connectivity index is 2.95. The van der Waals surface area contributed by atoms with Gasteiger partial charge < -0.3 is 5.73 Å². The van der Waals surface area contributed by atoms with E-state index in [0.717, 1.165) is 0 Å². The molecule has 0 atom stereocenters. The highest BCUT2D eigenvalue weighted by molar-refractivity contribution is 6.33. The van der Waals surface area contributed by atoms with Crippen molar-refractivity contribution in [2.45, 2.75) is 0 Å². The molecule has 3 nitrogen and oxygen atoms in total. The van der Waals surface area contributed by atoms with Crippen LogP contribution in [0.5, 0.6) is 0 Å². The predicted octanol–water partition coefficient (Wildman–Crippen LogP) is 0.788. The summed E-state index contributed by atoms with van der Waals surface area (Å²) >= 11 is 0. The second-order valence-corrected chi connectivity index (χ2v) is 3.06. The van der Waals surface area contributed by atoms with Crippen molar-refractivity contribution in [2.24, 2.45) is 0 Å². The number of nitrogen functional groups attached to an aromatic ring is 1. The predicted molar refractivity (Wildman–Crippen MR) is 59.4 cm³/mol. The number of anilines is 1. The van der Waals surface area contributed by atoms with E-state index >= 15 is 0 Å². The van der Waals surface area contributed by atoms with E-state index in [4.69, 9.17) is 13.6 Å².